The molecule has 0 aromatic heterocycles. The van der Waals surface area contributed by atoms with Crippen molar-refractivity contribution in [2.75, 3.05) is 5.75 Å². The number of rotatable bonds is 1. The monoisotopic (exact) mass is 219 g/mol. The van der Waals surface area contributed by atoms with E-state index in [-0.39, 0.29) is 4.87 Å². The molecule has 0 saturated carbocycles. The average molecular weight is 219 g/mol. The van der Waals surface area contributed by atoms with Crippen molar-refractivity contribution in [1.29, 1.82) is 0 Å². The molecule has 1 aliphatic heterocycles. The normalized spacial score (nSPS) is 26.1. The standard InChI is InChI=1S/C8H13NO2S2/c1-5(12)9-6(7(10)11)4-13-8(9,2)3/h6H,4H2,1-3H3,(H,10,11). The Morgan fingerprint density at radius 3 is 2.54 bits per heavy atom. The Balaban J connectivity index is 2.92. The predicted molar refractivity (Wildman–Crippen MR) is 58.1 cm³/mol. The van der Waals surface area contributed by atoms with Crippen molar-refractivity contribution in [3.63, 3.8) is 0 Å². The number of hydrogen-bond acceptors (Lipinski definition) is 3. The zero-order valence-electron chi connectivity index (χ0n) is 7.90. The van der Waals surface area contributed by atoms with Gasteiger partial charge in [-0.15, -0.1) is 11.8 Å². The van der Waals surface area contributed by atoms with Gasteiger partial charge in [0.05, 0.1) is 9.86 Å². The Kier molecular flexibility index (Phi) is 2.87. The van der Waals surface area contributed by atoms with Gasteiger partial charge in [-0.2, -0.15) is 0 Å². The van der Waals surface area contributed by atoms with Crippen molar-refractivity contribution < 1.29 is 9.90 Å². The Labute approximate surface area is 87.5 Å². The molecule has 0 aliphatic carbocycles. The van der Waals surface area contributed by atoms with Gasteiger partial charge in [0.2, 0.25) is 0 Å². The van der Waals surface area contributed by atoms with E-state index in [2.05, 4.69) is 0 Å². The van der Waals surface area contributed by atoms with Crippen molar-refractivity contribution >= 4 is 34.9 Å². The molecule has 1 atom stereocenters. The van der Waals surface area contributed by atoms with E-state index in [9.17, 15) is 4.79 Å². The smallest absolute Gasteiger partial charge is 0.327 e. The molecular formula is C8H13NO2S2. The summed E-state index contributed by atoms with van der Waals surface area (Å²) in [5.74, 6) is -0.182. The Morgan fingerprint density at radius 2 is 2.23 bits per heavy atom. The number of thioether (sulfide) groups is 1. The summed E-state index contributed by atoms with van der Waals surface area (Å²) < 4.78 is 0. The maximum atomic E-state index is 10.9. The molecule has 1 fully saturated rings. The minimum atomic E-state index is -0.790. The molecule has 0 spiro atoms. The number of carboxylic acids is 1. The molecule has 3 nitrogen and oxygen atoms in total. The summed E-state index contributed by atoms with van der Waals surface area (Å²) in [5, 5.41) is 8.95. The van der Waals surface area contributed by atoms with Crippen molar-refractivity contribution in [3.05, 3.63) is 0 Å². The molecule has 5 heteroatoms. The van der Waals surface area contributed by atoms with Crippen LogP contribution in [0, 0.1) is 0 Å². The zero-order valence-corrected chi connectivity index (χ0v) is 9.54. The van der Waals surface area contributed by atoms with Crippen LogP contribution in [0.5, 0.6) is 0 Å². The zero-order chi connectivity index (χ0) is 10.2. The summed E-state index contributed by atoms with van der Waals surface area (Å²) in [5.41, 5.74) is 0. The van der Waals surface area contributed by atoms with Crippen LogP contribution in [0.4, 0.5) is 0 Å². The van der Waals surface area contributed by atoms with Crippen LogP contribution in [0.3, 0.4) is 0 Å². The average Bonchev–Trinajstić information content (AvgIpc) is 2.24. The third-order valence-corrected chi connectivity index (χ3v) is 3.69. The van der Waals surface area contributed by atoms with Crippen LogP contribution in [-0.4, -0.2) is 37.6 Å². The first-order valence-electron chi connectivity index (χ1n) is 4.03. The molecule has 1 aliphatic rings. The lowest BCUT2D eigenvalue weighted by atomic mass is 10.2. The van der Waals surface area contributed by atoms with Gasteiger partial charge < -0.3 is 10.0 Å². The van der Waals surface area contributed by atoms with Gasteiger partial charge in [0.25, 0.3) is 0 Å². The highest BCUT2D eigenvalue weighted by Gasteiger charge is 2.43. The van der Waals surface area contributed by atoms with Crippen molar-refractivity contribution in [3.8, 4) is 0 Å². The highest BCUT2D eigenvalue weighted by atomic mass is 32.2. The maximum absolute atomic E-state index is 10.9. The van der Waals surface area contributed by atoms with Crippen LogP contribution in [0.15, 0.2) is 0 Å². The summed E-state index contributed by atoms with van der Waals surface area (Å²) in [4.78, 5) is 13.2. The van der Waals surface area contributed by atoms with Gasteiger partial charge in [0.15, 0.2) is 0 Å². The lowest BCUT2D eigenvalue weighted by Gasteiger charge is -2.34. The van der Waals surface area contributed by atoms with Crippen molar-refractivity contribution in [2.24, 2.45) is 0 Å². The van der Waals surface area contributed by atoms with Crippen LogP contribution in [0.25, 0.3) is 0 Å². The van der Waals surface area contributed by atoms with E-state index in [4.69, 9.17) is 17.3 Å². The Hall–Kier alpha value is -0.290. The van der Waals surface area contributed by atoms with Gasteiger partial charge in [-0.3, -0.25) is 0 Å². The van der Waals surface area contributed by atoms with Crippen LogP contribution in [0.1, 0.15) is 20.8 Å². The molecule has 13 heavy (non-hydrogen) atoms. The number of carbonyl (C=O) groups is 1. The quantitative estimate of drug-likeness (QED) is 0.678. The number of nitrogens with zero attached hydrogens (tertiary/aromatic N) is 1. The fourth-order valence-corrected chi connectivity index (χ4v) is 3.26. The number of aliphatic carboxylic acids is 1. The van der Waals surface area contributed by atoms with E-state index in [0.717, 1.165) is 0 Å². The fourth-order valence-electron chi connectivity index (χ4n) is 1.58. The molecule has 0 amide bonds. The minimum absolute atomic E-state index is 0.186. The van der Waals surface area contributed by atoms with Crippen LogP contribution < -0.4 is 0 Å². The van der Waals surface area contributed by atoms with E-state index in [1.165, 1.54) is 0 Å². The first-order valence-corrected chi connectivity index (χ1v) is 5.42. The van der Waals surface area contributed by atoms with E-state index in [1.54, 1.807) is 23.6 Å². The lowest BCUT2D eigenvalue weighted by Crippen LogP contribution is -2.48. The minimum Gasteiger partial charge on any atom is -0.480 e. The van der Waals surface area contributed by atoms with E-state index in [0.29, 0.717) is 10.7 Å². The number of hydrogen-bond donors (Lipinski definition) is 1. The topological polar surface area (TPSA) is 40.5 Å². The third-order valence-electron chi connectivity index (χ3n) is 2.11. The SMILES string of the molecule is CC(=S)N1C(C(=O)O)CSC1(C)C. The van der Waals surface area contributed by atoms with Gasteiger partial charge in [0, 0.05) is 5.75 Å². The summed E-state index contributed by atoms with van der Waals surface area (Å²) in [7, 11) is 0. The summed E-state index contributed by atoms with van der Waals surface area (Å²) >= 11 is 6.68. The summed E-state index contributed by atoms with van der Waals surface area (Å²) in [6, 6.07) is -0.461. The van der Waals surface area contributed by atoms with Gasteiger partial charge >= 0.3 is 5.97 Å². The molecule has 0 radical (unpaired) electrons. The second-order valence-electron chi connectivity index (χ2n) is 3.50. The molecule has 74 valence electrons. The Morgan fingerprint density at radius 1 is 1.69 bits per heavy atom. The molecule has 1 unspecified atom stereocenters. The second kappa shape index (κ2) is 3.46. The Bertz CT molecular complexity index is 253. The lowest BCUT2D eigenvalue weighted by molar-refractivity contribution is -0.141. The van der Waals surface area contributed by atoms with Gasteiger partial charge in [0.1, 0.15) is 6.04 Å². The molecular weight excluding hydrogens is 206 g/mol. The molecule has 0 bridgehead atoms. The first kappa shape index (κ1) is 10.8. The summed E-state index contributed by atoms with van der Waals surface area (Å²) in [6.07, 6.45) is 0. The van der Waals surface area contributed by atoms with E-state index >= 15 is 0 Å². The first-order chi connectivity index (χ1) is 5.86. The van der Waals surface area contributed by atoms with Crippen molar-refractivity contribution in [1.82, 2.24) is 4.90 Å². The predicted octanol–water partition coefficient (Wildman–Crippen LogP) is 1.57. The molecule has 0 aromatic rings. The fraction of sp³-hybridized carbons (Fsp3) is 0.750. The molecule has 1 N–H and O–H groups in total. The van der Waals surface area contributed by atoms with Gasteiger partial charge in [-0.25, -0.2) is 4.79 Å². The highest BCUT2D eigenvalue weighted by molar-refractivity contribution is 8.01. The van der Waals surface area contributed by atoms with E-state index < -0.39 is 12.0 Å². The van der Waals surface area contributed by atoms with Gasteiger partial charge in [-0.05, 0) is 20.8 Å². The number of thiocarbonyl (C=S) groups is 1. The van der Waals surface area contributed by atoms with Crippen molar-refractivity contribution in [2.45, 2.75) is 31.7 Å². The van der Waals surface area contributed by atoms with Crippen LogP contribution in [0.2, 0.25) is 0 Å². The molecule has 1 saturated heterocycles. The molecule has 1 rings (SSSR count). The summed E-state index contributed by atoms with van der Waals surface area (Å²) in [6.45, 7) is 5.77. The molecule has 1 heterocycles. The largest absolute Gasteiger partial charge is 0.480 e. The van der Waals surface area contributed by atoms with Gasteiger partial charge in [-0.1, -0.05) is 12.2 Å². The second-order valence-corrected chi connectivity index (χ2v) is 5.71. The van der Waals surface area contributed by atoms with Crippen LogP contribution >= 0.6 is 24.0 Å². The van der Waals surface area contributed by atoms with E-state index in [1.807, 2.05) is 13.8 Å². The van der Waals surface area contributed by atoms with Crippen LogP contribution in [-0.2, 0) is 4.79 Å². The third kappa shape index (κ3) is 1.96. The molecule has 0 aromatic carbocycles. The highest BCUT2D eigenvalue weighted by Crippen LogP contribution is 2.39. The maximum Gasteiger partial charge on any atom is 0.327 e. The number of carboxylic acid groups (broad SMARTS) is 1.